The van der Waals surface area contributed by atoms with Crippen LogP contribution >= 0.6 is 0 Å². The van der Waals surface area contributed by atoms with Gasteiger partial charge in [0, 0.05) is 25.7 Å². The molecule has 2 unspecified atom stereocenters. The molecular formula is C23H36F2O5. The average Bonchev–Trinajstić information content (AvgIpc) is 3.07. The van der Waals surface area contributed by atoms with E-state index in [1.807, 2.05) is 6.92 Å². The van der Waals surface area contributed by atoms with Crippen molar-refractivity contribution in [1.29, 1.82) is 0 Å². The third-order valence-electron chi connectivity index (χ3n) is 5.72. The topological polar surface area (TPSA) is 69.7 Å². The highest BCUT2D eigenvalue weighted by Crippen LogP contribution is 2.39. The number of hydrogen-bond acceptors (Lipinski definition) is 5. The number of unbranched alkanes of at least 4 members (excludes halogenated alkanes) is 4. The predicted molar refractivity (Wildman–Crippen MR) is 110 cm³/mol. The highest BCUT2D eigenvalue weighted by atomic mass is 19.3. The maximum atomic E-state index is 13.9. The van der Waals surface area contributed by atoms with Crippen molar-refractivity contribution >= 4 is 17.7 Å². The molecule has 1 aliphatic carbocycles. The summed E-state index contributed by atoms with van der Waals surface area (Å²) in [5.74, 6) is -5.08. The minimum atomic E-state index is -3.32. The molecule has 1 fully saturated rings. The number of carbonyl (C=O) groups is 3. The normalized spacial score (nSPS) is 21.7. The van der Waals surface area contributed by atoms with Crippen molar-refractivity contribution in [2.24, 2.45) is 11.8 Å². The maximum absolute atomic E-state index is 13.9. The molecule has 0 N–H and O–H groups in total. The number of rotatable bonds is 14. The van der Waals surface area contributed by atoms with E-state index in [1.165, 1.54) is 14.0 Å². The summed E-state index contributed by atoms with van der Waals surface area (Å²) in [7, 11) is 1.37. The molecule has 5 nitrogen and oxygen atoms in total. The molecule has 0 aromatic heterocycles. The van der Waals surface area contributed by atoms with E-state index in [1.54, 1.807) is 6.08 Å². The van der Waals surface area contributed by atoms with Crippen LogP contribution in [0.1, 0.15) is 84.5 Å². The van der Waals surface area contributed by atoms with E-state index >= 15 is 0 Å². The molecule has 0 heterocycles. The van der Waals surface area contributed by atoms with Gasteiger partial charge >= 0.3 is 17.9 Å². The number of hydrogen-bond donors (Lipinski definition) is 0. The summed E-state index contributed by atoms with van der Waals surface area (Å²) in [6.45, 7) is 3.18. The van der Waals surface area contributed by atoms with Crippen LogP contribution in [0.5, 0.6) is 0 Å². The molecular weight excluding hydrogens is 394 g/mol. The molecule has 0 radical (unpaired) electrons. The molecule has 0 bridgehead atoms. The Balaban J connectivity index is 2.61. The van der Waals surface area contributed by atoms with Crippen LogP contribution in [0.15, 0.2) is 12.2 Å². The third-order valence-corrected chi connectivity index (χ3v) is 5.72. The second kappa shape index (κ2) is 13.5. The Kier molecular flexibility index (Phi) is 11.8. The number of alkyl halides is 2. The Bertz CT molecular complexity index is 588. The third kappa shape index (κ3) is 9.35. The summed E-state index contributed by atoms with van der Waals surface area (Å²) in [5.41, 5.74) is 0. The summed E-state index contributed by atoms with van der Waals surface area (Å²) in [6, 6.07) is 0. The number of ether oxygens (including phenoxy) is 2. The van der Waals surface area contributed by atoms with Crippen LogP contribution in [0.25, 0.3) is 0 Å². The second-order valence-corrected chi connectivity index (χ2v) is 8.11. The molecule has 0 saturated heterocycles. The number of ketones is 1. The maximum Gasteiger partial charge on any atom is 0.309 e. The van der Waals surface area contributed by atoms with Gasteiger partial charge in [0.2, 0.25) is 5.78 Å². The quantitative estimate of drug-likeness (QED) is 0.209. The number of halogens is 2. The van der Waals surface area contributed by atoms with Gasteiger partial charge in [-0.25, -0.2) is 0 Å². The van der Waals surface area contributed by atoms with Gasteiger partial charge in [-0.2, -0.15) is 8.78 Å². The number of methoxy groups -OCH3 is 1. The van der Waals surface area contributed by atoms with Crippen molar-refractivity contribution in [3.63, 3.8) is 0 Å². The van der Waals surface area contributed by atoms with E-state index in [4.69, 9.17) is 4.74 Å². The smallest absolute Gasteiger partial charge is 0.309 e. The summed E-state index contributed by atoms with van der Waals surface area (Å²) in [6.07, 6.45) is 8.87. The van der Waals surface area contributed by atoms with Crippen LogP contribution in [-0.4, -0.2) is 36.9 Å². The highest BCUT2D eigenvalue weighted by Gasteiger charge is 2.38. The lowest BCUT2D eigenvalue weighted by molar-refractivity contribution is -0.148. The fourth-order valence-electron chi connectivity index (χ4n) is 4.02. The lowest BCUT2D eigenvalue weighted by Crippen LogP contribution is -2.27. The fourth-order valence-corrected chi connectivity index (χ4v) is 4.02. The van der Waals surface area contributed by atoms with E-state index < -0.39 is 18.1 Å². The Morgan fingerprint density at radius 2 is 1.77 bits per heavy atom. The fraction of sp³-hybridized carbons (Fsp3) is 0.783. The standard InChI is InChI=1S/C23H36F2O5/c1-4-5-16-23(24,25)21(27)15-13-18-12-14-20(30-17(2)26)19(18)10-8-6-7-9-11-22(28)29-3/h13,15,18-20H,4-12,14,16H2,1-3H3/b15-13+/t18-,19?,20?/m1/s1. The Morgan fingerprint density at radius 1 is 1.07 bits per heavy atom. The van der Waals surface area contributed by atoms with Gasteiger partial charge in [-0.05, 0) is 44.1 Å². The van der Waals surface area contributed by atoms with Crippen LogP contribution < -0.4 is 0 Å². The molecule has 30 heavy (non-hydrogen) atoms. The molecule has 0 spiro atoms. The van der Waals surface area contributed by atoms with Crippen molar-refractivity contribution in [2.75, 3.05) is 7.11 Å². The minimum absolute atomic E-state index is 0.0165. The molecule has 1 saturated carbocycles. The van der Waals surface area contributed by atoms with E-state index in [0.717, 1.165) is 38.2 Å². The summed E-state index contributed by atoms with van der Waals surface area (Å²) in [5, 5.41) is 0. The number of esters is 2. The molecule has 0 aromatic rings. The van der Waals surface area contributed by atoms with Gasteiger partial charge in [0.05, 0.1) is 7.11 Å². The van der Waals surface area contributed by atoms with Crippen molar-refractivity contribution in [3.05, 3.63) is 12.2 Å². The van der Waals surface area contributed by atoms with Crippen molar-refractivity contribution in [1.82, 2.24) is 0 Å². The van der Waals surface area contributed by atoms with Crippen molar-refractivity contribution in [2.45, 2.75) is 96.5 Å². The van der Waals surface area contributed by atoms with Crippen LogP contribution in [0, 0.1) is 11.8 Å². The first-order valence-electron chi connectivity index (χ1n) is 11.1. The summed E-state index contributed by atoms with van der Waals surface area (Å²) in [4.78, 5) is 34.5. The lowest BCUT2D eigenvalue weighted by Gasteiger charge is -2.23. The first kappa shape index (κ1) is 26.2. The molecule has 3 atom stereocenters. The van der Waals surface area contributed by atoms with Gasteiger partial charge in [-0.15, -0.1) is 0 Å². The number of carbonyl (C=O) groups excluding carboxylic acids is 3. The molecule has 0 aliphatic heterocycles. The van der Waals surface area contributed by atoms with E-state index in [0.29, 0.717) is 32.1 Å². The molecule has 1 rings (SSSR count). The zero-order valence-electron chi connectivity index (χ0n) is 18.5. The van der Waals surface area contributed by atoms with E-state index in [-0.39, 0.29) is 29.9 Å². The van der Waals surface area contributed by atoms with Gasteiger partial charge in [0.15, 0.2) is 0 Å². The van der Waals surface area contributed by atoms with E-state index in [9.17, 15) is 23.2 Å². The van der Waals surface area contributed by atoms with Gasteiger partial charge in [-0.3, -0.25) is 14.4 Å². The molecule has 1 aliphatic rings. The largest absolute Gasteiger partial charge is 0.469 e. The Morgan fingerprint density at radius 3 is 2.40 bits per heavy atom. The Labute approximate surface area is 178 Å². The molecule has 0 amide bonds. The van der Waals surface area contributed by atoms with Gasteiger partial charge in [-0.1, -0.05) is 38.7 Å². The van der Waals surface area contributed by atoms with Crippen LogP contribution in [-0.2, 0) is 23.9 Å². The highest BCUT2D eigenvalue weighted by molar-refractivity contribution is 5.95. The predicted octanol–water partition coefficient (Wildman–Crippen LogP) is 5.41. The first-order valence-corrected chi connectivity index (χ1v) is 11.1. The Hall–Kier alpha value is -1.79. The second-order valence-electron chi connectivity index (χ2n) is 8.11. The monoisotopic (exact) mass is 430 g/mol. The van der Waals surface area contributed by atoms with Gasteiger partial charge in [0.25, 0.3) is 0 Å². The number of allylic oxidation sites excluding steroid dienone is 2. The lowest BCUT2D eigenvalue weighted by atomic mass is 9.88. The minimum Gasteiger partial charge on any atom is -0.469 e. The van der Waals surface area contributed by atoms with Crippen LogP contribution in [0.4, 0.5) is 8.78 Å². The average molecular weight is 431 g/mol. The zero-order chi connectivity index (χ0) is 22.6. The van der Waals surface area contributed by atoms with Gasteiger partial charge in [0.1, 0.15) is 6.10 Å². The van der Waals surface area contributed by atoms with Crippen molar-refractivity contribution < 1.29 is 32.6 Å². The summed E-state index contributed by atoms with van der Waals surface area (Å²) < 4.78 is 37.9. The zero-order valence-corrected chi connectivity index (χ0v) is 18.5. The first-order chi connectivity index (χ1) is 14.2. The van der Waals surface area contributed by atoms with Gasteiger partial charge < -0.3 is 9.47 Å². The van der Waals surface area contributed by atoms with E-state index in [2.05, 4.69) is 4.74 Å². The van der Waals surface area contributed by atoms with Crippen LogP contribution in [0.2, 0.25) is 0 Å². The summed E-state index contributed by atoms with van der Waals surface area (Å²) >= 11 is 0. The molecule has 7 heteroatoms. The molecule has 0 aromatic carbocycles. The van der Waals surface area contributed by atoms with Crippen molar-refractivity contribution in [3.8, 4) is 0 Å². The van der Waals surface area contributed by atoms with Crippen LogP contribution in [0.3, 0.4) is 0 Å². The SMILES string of the molecule is CCCCC(F)(F)C(=O)/C=C/[C@H]1CCC(OC(C)=O)C1CCCCCCC(=O)OC. The molecule has 172 valence electrons.